The van der Waals surface area contributed by atoms with E-state index < -0.39 is 0 Å². The number of hydrogen-bond donors (Lipinski definition) is 1. The summed E-state index contributed by atoms with van der Waals surface area (Å²) in [5.74, 6) is 0.769. The number of hydrogen-bond acceptors (Lipinski definition) is 4. The summed E-state index contributed by atoms with van der Waals surface area (Å²) in [5, 5.41) is 2.90. The van der Waals surface area contributed by atoms with Gasteiger partial charge in [-0.2, -0.15) is 0 Å². The lowest BCUT2D eigenvalue weighted by atomic mass is 10.1. The summed E-state index contributed by atoms with van der Waals surface area (Å²) in [4.78, 5) is 30.6. The molecule has 1 aromatic heterocycles. The van der Waals surface area contributed by atoms with Gasteiger partial charge in [0.15, 0.2) is 0 Å². The third-order valence-electron chi connectivity index (χ3n) is 4.93. The Kier molecular flexibility index (Phi) is 5.74. The smallest absolute Gasteiger partial charge is 0.251 e. The van der Waals surface area contributed by atoms with Crippen molar-refractivity contribution >= 4 is 17.5 Å². The molecule has 1 aliphatic heterocycles. The van der Waals surface area contributed by atoms with Crippen LogP contribution < -0.4 is 15.0 Å². The molecule has 1 saturated heterocycles. The molecule has 0 aliphatic carbocycles. The number of nitrogens with one attached hydrogen (secondary N) is 1. The molecule has 3 rings (SSSR count). The molecule has 6 heteroatoms. The molecule has 1 aliphatic rings. The highest BCUT2D eigenvalue weighted by Crippen LogP contribution is 2.24. The third kappa shape index (κ3) is 4.10. The van der Waals surface area contributed by atoms with Gasteiger partial charge in [0.05, 0.1) is 19.3 Å². The van der Waals surface area contributed by atoms with E-state index in [1.807, 2.05) is 26.0 Å². The maximum Gasteiger partial charge on any atom is 0.251 e. The molecule has 1 aromatic carbocycles. The zero-order chi connectivity index (χ0) is 19.4. The minimum absolute atomic E-state index is 0.147. The lowest BCUT2D eigenvalue weighted by Crippen LogP contribution is -2.35. The van der Waals surface area contributed by atoms with E-state index in [2.05, 4.69) is 10.3 Å². The number of benzene rings is 1. The molecule has 2 heterocycles. The highest BCUT2D eigenvalue weighted by Gasteiger charge is 2.19. The van der Waals surface area contributed by atoms with Gasteiger partial charge in [0.25, 0.3) is 5.91 Å². The zero-order valence-electron chi connectivity index (χ0n) is 16.0. The fourth-order valence-electron chi connectivity index (χ4n) is 3.39. The first-order chi connectivity index (χ1) is 13.0. The summed E-state index contributed by atoms with van der Waals surface area (Å²) in [7, 11) is 1.63. The third-order valence-corrected chi connectivity index (χ3v) is 4.93. The van der Waals surface area contributed by atoms with E-state index in [1.54, 1.807) is 30.3 Å². The Morgan fingerprint density at radius 1 is 1.22 bits per heavy atom. The molecular weight excluding hydrogens is 342 g/mol. The van der Waals surface area contributed by atoms with Gasteiger partial charge in [-0.1, -0.05) is 0 Å². The van der Waals surface area contributed by atoms with Crippen LogP contribution in [0.15, 0.2) is 30.5 Å². The van der Waals surface area contributed by atoms with Crippen molar-refractivity contribution in [1.29, 1.82) is 0 Å². The van der Waals surface area contributed by atoms with Crippen molar-refractivity contribution in [2.45, 2.75) is 39.7 Å². The van der Waals surface area contributed by atoms with Crippen molar-refractivity contribution in [3.63, 3.8) is 0 Å². The molecule has 1 fully saturated rings. The number of ether oxygens (including phenoxy) is 1. The lowest BCUT2D eigenvalue weighted by molar-refractivity contribution is -0.119. The molecule has 2 amide bonds. The average Bonchev–Trinajstić information content (AvgIpc) is 2.68. The van der Waals surface area contributed by atoms with Crippen LogP contribution in [0.25, 0.3) is 0 Å². The number of aryl methyl sites for hydroxylation is 1. The number of carbonyl (C=O) groups excluding carboxylic acids is 2. The normalized spacial score (nSPS) is 14.2. The van der Waals surface area contributed by atoms with Crippen LogP contribution in [-0.4, -0.2) is 30.5 Å². The van der Waals surface area contributed by atoms with Gasteiger partial charge < -0.3 is 15.0 Å². The summed E-state index contributed by atoms with van der Waals surface area (Å²) in [6.07, 6.45) is 4.31. The molecular formula is C21H25N3O3. The largest absolute Gasteiger partial charge is 0.496 e. The molecule has 0 bridgehead atoms. The first-order valence-electron chi connectivity index (χ1n) is 9.19. The molecule has 27 heavy (non-hydrogen) atoms. The average molecular weight is 367 g/mol. The van der Waals surface area contributed by atoms with Crippen LogP contribution >= 0.6 is 0 Å². The van der Waals surface area contributed by atoms with Crippen LogP contribution in [0.1, 0.15) is 46.4 Å². The van der Waals surface area contributed by atoms with E-state index >= 15 is 0 Å². The molecule has 6 nitrogen and oxygen atoms in total. The SMILES string of the molecule is COc1c(C)cnc(CNC(=O)c2ccc(N3CCCCC3=O)cc2)c1C. The quantitative estimate of drug-likeness (QED) is 0.881. The topological polar surface area (TPSA) is 71.5 Å². The van der Waals surface area contributed by atoms with E-state index in [1.165, 1.54) is 0 Å². The Bertz CT molecular complexity index is 846. The van der Waals surface area contributed by atoms with E-state index in [4.69, 9.17) is 4.74 Å². The minimum Gasteiger partial charge on any atom is -0.496 e. The Morgan fingerprint density at radius 3 is 2.63 bits per heavy atom. The van der Waals surface area contributed by atoms with Crippen molar-refractivity contribution in [2.24, 2.45) is 0 Å². The second-order valence-electron chi connectivity index (χ2n) is 6.78. The number of aromatic nitrogens is 1. The first-order valence-corrected chi connectivity index (χ1v) is 9.19. The highest BCUT2D eigenvalue weighted by atomic mass is 16.5. The number of carbonyl (C=O) groups is 2. The molecule has 0 atom stereocenters. The van der Waals surface area contributed by atoms with Crippen LogP contribution in [0.3, 0.4) is 0 Å². The van der Waals surface area contributed by atoms with Gasteiger partial charge in [-0.05, 0) is 51.0 Å². The Morgan fingerprint density at radius 2 is 1.96 bits per heavy atom. The van der Waals surface area contributed by atoms with Crippen molar-refractivity contribution in [3.8, 4) is 5.75 Å². The Labute approximate surface area is 159 Å². The van der Waals surface area contributed by atoms with Crippen molar-refractivity contribution < 1.29 is 14.3 Å². The van der Waals surface area contributed by atoms with Gasteiger partial charge >= 0.3 is 0 Å². The summed E-state index contributed by atoms with van der Waals surface area (Å²) < 4.78 is 5.40. The number of rotatable bonds is 5. The van der Waals surface area contributed by atoms with Crippen molar-refractivity contribution in [2.75, 3.05) is 18.6 Å². The fourth-order valence-corrected chi connectivity index (χ4v) is 3.39. The van der Waals surface area contributed by atoms with Gasteiger partial charge in [0.2, 0.25) is 5.91 Å². The van der Waals surface area contributed by atoms with Crippen LogP contribution in [0, 0.1) is 13.8 Å². The van der Waals surface area contributed by atoms with Gasteiger partial charge in [-0.3, -0.25) is 14.6 Å². The summed E-state index contributed by atoms with van der Waals surface area (Å²) in [6, 6.07) is 7.16. The number of piperidine rings is 1. The monoisotopic (exact) mass is 367 g/mol. The summed E-state index contributed by atoms with van der Waals surface area (Å²) in [5.41, 5.74) is 4.07. The number of nitrogens with zero attached hydrogens (tertiary/aromatic N) is 2. The standard InChI is InChI=1S/C21H25N3O3/c1-14-12-22-18(15(2)20(14)27-3)13-23-21(26)16-7-9-17(10-8-16)24-11-5-4-6-19(24)25/h7-10,12H,4-6,11,13H2,1-3H3,(H,23,26). The number of pyridine rings is 1. The highest BCUT2D eigenvalue weighted by molar-refractivity contribution is 5.96. The van der Waals surface area contributed by atoms with E-state index in [9.17, 15) is 9.59 Å². The predicted molar refractivity (Wildman–Crippen MR) is 104 cm³/mol. The van der Waals surface area contributed by atoms with Crippen molar-refractivity contribution in [1.82, 2.24) is 10.3 Å². The predicted octanol–water partition coefficient (Wildman–Crippen LogP) is 3.15. The van der Waals surface area contributed by atoms with Crippen LogP contribution in [-0.2, 0) is 11.3 Å². The molecule has 142 valence electrons. The minimum atomic E-state index is -0.174. The van der Waals surface area contributed by atoms with Crippen LogP contribution in [0.2, 0.25) is 0 Å². The van der Waals surface area contributed by atoms with Gasteiger partial charge in [-0.25, -0.2) is 0 Å². The molecule has 0 spiro atoms. The molecule has 0 saturated carbocycles. The fraction of sp³-hybridized carbons (Fsp3) is 0.381. The van der Waals surface area contributed by atoms with Gasteiger partial charge in [-0.15, -0.1) is 0 Å². The molecule has 1 N–H and O–H groups in total. The first kappa shape index (κ1) is 18.9. The second-order valence-corrected chi connectivity index (χ2v) is 6.78. The van der Waals surface area contributed by atoms with Crippen LogP contribution in [0.4, 0.5) is 5.69 Å². The molecule has 0 unspecified atom stereocenters. The summed E-state index contributed by atoms with van der Waals surface area (Å²) in [6.45, 7) is 4.94. The van der Waals surface area contributed by atoms with Crippen molar-refractivity contribution in [3.05, 3.63) is 52.8 Å². The molecule has 0 radical (unpaired) electrons. The number of amides is 2. The zero-order valence-corrected chi connectivity index (χ0v) is 16.0. The van der Waals surface area contributed by atoms with E-state index in [-0.39, 0.29) is 11.8 Å². The number of methoxy groups -OCH3 is 1. The van der Waals surface area contributed by atoms with E-state index in [0.717, 1.165) is 47.6 Å². The van der Waals surface area contributed by atoms with Gasteiger partial charge in [0, 0.05) is 41.5 Å². The maximum atomic E-state index is 12.5. The van der Waals surface area contributed by atoms with Crippen LogP contribution in [0.5, 0.6) is 5.75 Å². The summed E-state index contributed by atoms with van der Waals surface area (Å²) >= 11 is 0. The Balaban J connectivity index is 1.66. The van der Waals surface area contributed by atoms with E-state index in [0.29, 0.717) is 18.5 Å². The lowest BCUT2D eigenvalue weighted by Gasteiger charge is -2.26. The second kappa shape index (κ2) is 8.20. The molecule has 2 aromatic rings. The number of anilines is 1. The van der Waals surface area contributed by atoms with Gasteiger partial charge in [0.1, 0.15) is 5.75 Å². The Hall–Kier alpha value is -2.89. The maximum absolute atomic E-state index is 12.5.